The lowest BCUT2D eigenvalue weighted by Gasteiger charge is -2.18. The second-order valence-electron chi connectivity index (χ2n) is 6.62. The van der Waals surface area contributed by atoms with Crippen LogP contribution in [0.4, 0.5) is 14.2 Å². The van der Waals surface area contributed by atoms with Gasteiger partial charge in [-0.2, -0.15) is 5.10 Å². The first-order chi connectivity index (χ1) is 13.5. The first kappa shape index (κ1) is 20.0. The van der Waals surface area contributed by atoms with Crippen LogP contribution >= 0.6 is 11.3 Å². The van der Waals surface area contributed by atoms with Gasteiger partial charge in [-0.1, -0.05) is 25.1 Å². The average molecular weight is 403 g/mol. The largest absolute Gasteiger partial charge is 0.462 e. The number of hydrogen-bond donors (Lipinski definition) is 2. The number of ether oxygens (including phenoxy) is 1. The van der Waals surface area contributed by atoms with Crippen LogP contribution in [0.3, 0.4) is 0 Å². The number of urea groups is 1. The molecule has 3 rings (SSSR count). The van der Waals surface area contributed by atoms with E-state index in [1.54, 1.807) is 25.1 Å². The van der Waals surface area contributed by atoms with E-state index in [2.05, 4.69) is 22.8 Å². The summed E-state index contributed by atoms with van der Waals surface area (Å²) in [6.45, 7) is 4.18. The van der Waals surface area contributed by atoms with E-state index in [1.165, 1.54) is 23.6 Å². The molecule has 1 aromatic heterocycles. The lowest BCUT2D eigenvalue weighted by atomic mass is 9.88. The molecule has 2 aromatic rings. The van der Waals surface area contributed by atoms with Crippen molar-refractivity contribution in [3.05, 3.63) is 51.7 Å². The van der Waals surface area contributed by atoms with Crippen LogP contribution in [0.25, 0.3) is 0 Å². The van der Waals surface area contributed by atoms with Crippen molar-refractivity contribution in [2.24, 2.45) is 11.0 Å². The van der Waals surface area contributed by atoms with Crippen LogP contribution in [0, 0.1) is 11.7 Å². The first-order valence-electron chi connectivity index (χ1n) is 9.15. The van der Waals surface area contributed by atoms with Gasteiger partial charge in [0.15, 0.2) is 0 Å². The molecule has 0 spiro atoms. The van der Waals surface area contributed by atoms with Gasteiger partial charge in [0.2, 0.25) is 0 Å². The van der Waals surface area contributed by atoms with E-state index >= 15 is 0 Å². The van der Waals surface area contributed by atoms with Crippen LogP contribution in [-0.2, 0) is 17.6 Å². The number of hydrogen-bond acceptors (Lipinski definition) is 5. The standard InChI is InChI=1S/C20H22FN3O3S/c1-3-27-19(25)17-14-9-8-12(2)10-16(14)28-18(17)23-20(26)24-22-11-13-6-4-5-7-15(13)21/h4-7,11-12H,3,8-10H2,1-2H3,(H2,23,24,26)/b22-11-/t12-/m0/s1. The van der Waals surface area contributed by atoms with Crippen LogP contribution in [0.1, 0.15) is 46.6 Å². The lowest BCUT2D eigenvalue weighted by molar-refractivity contribution is 0.0526. The van der Waals surface area contributed by atoms with Gasteiger partial charge < -0.3 is 4.74 Å². The summed E-state index contributed by atoms with van der Waals surface area (Å²) in [5.74, 6) is -0.328. The number of amides is 2. The number of carbonyl (C=O) groups excluding carboxylic acids is 2. The first-order valence-corrected chi connectivity index (χ1v) is 9.97. The number of hydrazone groups is 1. The van der Waals surface area contributed by atoms with E-state index in [4.69, 9.17) is 4.74 Å². The van der Waals surface area contributed by atoms with Crippen molar-refractivity contribution in [2.75, 3.05) is 11.9 Å². The van der Waals surface area contributed by atoms with Gasteiger partial charge in [-0.25, -0.2) is 19.4 Å². The number of esters is 1. The Hall–Kier alpha value is -2.74. The fourth-order valence-corrected chi connectivity index (χ4v) is 4.52. The normalized spacial score (nSPS) is 15.9. The average Bonchev–Trinajstić information content (AvgIpc) is 3.00. The molecule has 0 saturated carbocycles. The highest BCUT2D eigenvalue weighted by Gasteiger charge is 2.29. The van der Waals surface area contributed by atoms with E-state index in [0.717, 1.165) is 29.7 Å². The Labute approximate surface area is 166 Å². The Kier molecular flexibility index (Phi) is 6.41. The SMILES string of the molecule is CCOC(=O)c1c(NC(=O)N/N=C\c2ccccc2F)sc2c1CC[C@H](C)C2. The Morgan fingerprint density at radius 3 is 2.93 bits per heavy atom. The summed E-state index contributed by atoms with van der Waals surface area (Å²) >= 11 is 1.40. The van der Waals surface area contributed by atoms with Crippen molar-refractivity contribution < 1.29 is 18.7 Å². The highest BCUT2D eigenvalue weighted by molar-refractivity contribution is 7.17. The molecule has 0 bridgehead atoms. The predicted molar refractivity (Wildman–Crippen MR) is 108 cm³/mol. The zero-order valence-electron chi connectivity index (χ0n) is 15.8. The molecule has 1 aromatic carbocycles. The zero-order valence-corrected chi connectivity index (χ0v) is 16.6. The van der Waals surface area contributed by atoms with Crippen molar-refractivity contribution in [1.82, 2.24) is 5.43 Å². The molecule has 6 nitrogen and oxygen atoms in total. The Bertz CT molecular complexity index is 910. The summed E-state index contributed by atoms with van der Waals surface area (Å²) < 4.78 is 18.7. The molecule has 1 heterocycles. The number of anilines is 1. The van der Waals surface area contributed by atoms with E-state index in [0.29, 0.717) is 16.5 Å². The van der Waals surface area contributed by atoms with E-state index < -0.39 is 17.8 Å². The van der Waals surface area contributed by atoms with Gasteiger partial charge >= 0.3 is 12.0 Å². The van der Waals surface area contributed by atoms with Gasteiger partial charge in [0.25, 0.3) is 0 Å². The molecule has 2 amide bonds. The summed E-state index contributed by atoms with van der Waals surface area (Å²) in [6.07, 6.45) is 3.88. The third kappa shape index (κ3) is 4.56. The molecule has 0 radical (unpaired) electrons. The maximum Gasteiger partial charge on any atom is 0.341 e. The van der Waals surface area contributed by atoms with Crippen molar-refractivity contribution in [3.63, 3.8) is 0 Å². The number of carbonyl (C=O) groups is 2. The Balaban J connectivity index is 1.74. The minimum Gasteiger partial charge on any atom is -0.462 e. The molecule has 148 valence electrons. The van der Waals surface area contributed by atoms with Crippen molar-refractivity contribution in [2.45, 2.75) is 33.1 Å². The minimum atomic E-state index is -0.607. The van der Waals surface area contributed by atoms with Crippen molar-refractivity contribution in [1.29, 1.82) is 0 Å². The number of rotatable bonds is 5. The number of nitrogens with zero attached hydrogens (tertiary/aromatic N) is 1. The molecule has 1 aliphatic carbocycles. The molecule has 0 fully saturated rings. The molecular formula is C20H22FN3O3S. The quantitative estimate of drug-likeness (QED) is 0.443. The zero-order chi connectivity index (χ0) is 20.1. The van der Waals surface area contributed by atoms with Gasteiger partial charge in [0.1, 0.15) is 10.8 Å². The molecule has 28 heavy (non-hydrogen) atoms. The molecule has 2 N–H and O–H groups in total. The summed E-state index contributed by atoms with van der Waals surface area (Å²) in [5.41, 5.74) is 3.96. The maximum absolute atomic E-state index is 13.6. The van der Waals surface area contributed by atoms with Crippen molar-refractivity contribution in [3.8, 4) is 0 Å². The van der Waals surface area contributed by atoms with Gasteiger partial charge in [0.05, 0.1) is 18.4 Å². The molecule has 0 aliphatic heterocycles. The fraction of sp³-hybridized carbons (Fsp3) is 0.350. The van der Waals surface area contributed by atoms with Gasteiger partial charge in [0, 0.05) is 10.4 Å². The molecule has 8 heteroatoms. The monoisotopic (exact) mass is 403 g/mol. The third-order valence-electron chi connectivity index (χ3n) is 4.49. The van der Waals surface area contributed by atoms with E-state index in [9.17, 15) is 14.0 Å². The van der Waals surface area contributed by atoms with Crippen LogP contribution in [-0.4, -0.2) is 24.8 Å². The molecule has 1 atom stereocenters. The summed E-state index contributed by atoms with van der Waals surface area (Å²) in [4.78, 5) is 25.8. The second kappa shape index (κ2) is 8.97. The predicted octanol–water partition coefficient (Wildman–Crippen LogP) is 4.34. The summed E-state index contributed by atoms with van der Waals surface area (Å²) in [6, 6.07) is 5.50. The highest BCUT2D eigenvalue weighted by atomic mass is 32.1. The summed E-state index contributed by atoms with van der Waals surface area (Å²) in [7, 11) is 0. The number of thiophene rings is 1. The van der Waals surface area contributed by atoms with Crippen molar-refractivity contribution >= 4 is 34.6 Å². The molecule has 0 saturated heterocycles. The van der Waals surface area contributed by atoms with Crippen LogP contribution < -0.4 is 10.7 Å². The smallest absolute Gasteiger partial charge is 0.341 e. The van der Waals surface area contributed by atoms with Gasteiger partial charge in [-0.3, -0.25) is 5.32 Å². The third-order valence-corrected chi connectivity index (χ3v) is 5.66. The van der Waals surface area contributed by atoms with Crippen LogP contribution in [0.15, 0.2) is 29.4 Å². The Morgan fingerprint density at radius 1 is 1.39 bits per heavy atom. The molecule has 0 unspecified atom stereocenters. The van der Waals surface area contributed by atoms with Crippen LogP contribution in [0.5, 0.6) is 0 Å². The molecular weight excluding hydrogens is 381 g/mol. The van der Waals surface area contributed by atoms with Crippen LogP contribution in [0.2, 0.25) is 0 Å². The number of nitrogens with one attached hydrogen (secondary N) is 2. The Morgan fingerprint density at radius 2 is 2.18 bits per heavy atom. The summed E-state index contributed by atoms with van der Waals surface area (Å²) in [5, 5.41) is 6.90. The maximum atomic E-state index is 13.6. The lowest BCUT2D eigenvalue weighted by Crippen LogP contribution is -2.25. The number of fused-ring (bicyclic) bond motifs is 1. The minimum absolute atomic E-state index is 0.260. The fourth-order valence-electron chi connectivity index (χ4n) is 3.13. The molecule has 1 aliphatic rings. The van der Waals surface area contributed by atoms with E-state index in [1.807, 2.05) is 0 Å². The topological polar surface area (TPSA) is 79.8 Å². The highest BCUT2D eigenvalue weighted by Crippen LogP contribution is 2.40. The number of benzene rings is 1. The van der Waals surface area contributed by atoms with Gasteiger partial charge in [-0.15, -0.1) is 11.3 Å². The van der Waals surface area contributed by atoms with E-state index in [-0.39, 0.29) is 12.2 Å². The number of halogens is 1. The van der Waals surface area contributed by atoms with Gasteiger partial charge in [-0.05, 0) is 43.7 Å². The second-order valence-corrected chi connectivity index (χ2v) is 7.73.